The highest BCUT2D eigenvalue weighted by atomic mass is 16.5. The van der Waals surface area contributed by atoms with Crippen molar-refractivity contribution in [3.8, 4) is 5.75 Å². The van der Waals surface area contributed by atoms with Gasteiger partial charge in [0, 0.05) is 37.7 Å². The lowest BCUT2D eigenvalue weighted by Gasteiger charge is -2.33. The average Bonchev–Trinajstić information content (AvgIpc) is 2.71. The number of hydrogen-bond donors (Lipinski definition) is 2. The summed E-state index contributed by atoms with van der Waals surface area (Å²) in [6, 6.07) is 16.7. The Morgan fingerprint density at radius 3 is 2.61 bits per heavy atom. The Balaban J connectivity index is 1.25. The van der Waals surface area contributed by atoms with Crippen molar-refractivity contribution in [2.75, 3.05) is 19.7 Å². The van der Waals surface area contributed by atoms with Crippen molar-refractivity contribution in [3.63, 3.8) is 0 Å². The zero-order valence-electron chi connectivity index (χ0n) is 16.5. The highest BCUT2D eigenvalue weighted by Gasteiger charge is 2.25. The molecule has 2 heterocycles. The molecule has 4 rings (SSSR count). The second-order valence-electron chi connectivity index (χ2n) is 7.82. The molecule has 2 aromatic carbocycles. The number of nitrogens with zero attached hydrogens (tertiary/aromatic N) is 1. The second kappa shape index (κ2) is 8.65. The standard InChI is InChI=1S/C23H29N3O2/c1-17-6-2-3-7-18(17)16-26-13-10-19(11-14-26)24-23(27)25-21-12-15-28-22-9-5-4-8-20(21)22/h2-9,19,21H,10-16H2,1H3,(H2,24,25,27)/t21-/m1/s1. The van der Waals surface area contributed by atoms with Gasteiger partial charge < -0.3 is 15.4 Å². The summed E-state index contributed by atoms with van der Waals surface area (Å²) in [5, 5.41) is 6.31. The van der Waals surface area contributed by atoms with Crippen LogP contribution in [0.25, 0.3) is 0 Å². The van der Waals surface area contributed by atoms with Gasteiger partial charge in [-0.1, -0.05) is 42.5 Å². The number of ether oxygens (including phenoxy) is 1. The van der Waals surface area contributed by atoms with Crippen LogP contribution in [0.1, 0.15) is 42.0 Å². The van der Waals surface area contributed by atoms with Gasteiger partial charge in [0.1, 0.15) is 5.75 Å². The maximum Gasteiger partial charge on any atom is 0.315 e. The summed E-state index contributed by atoms with van der Waals surface area (Å²) < 4.78 is 5.68. The number of carbonyl (C=O) groups is 1. The highest BCUT2D eigenvalue weighted by Crippen LogP contribution is 2.31. The van der Waals surface area contributed by atoms with Gasteiger partial charge in [-0.3, -0.25) is 4.90 Å². The Bertz CT molecular complexity index is 815. The van der Waals surface area contributed by atoms with Crippen LogP contribution in [0, 0.1) is 6.92 Å². The van der Waals surface area contributed by atoms with E-state index in [0.717, 1.165) is 50.2 Å². The Morgan fingerprint density at radius 1 is 1.04 bits per heavy atom. The molecule has 0 radical (unpaired) electrons. The molecule has 1 saturated heterocycles. The van der Waals surface area contributed by atoms with E-state index in [9.17, 15) is 4.79 Å². The van der Waals surface area contributed by atoms with E-state index in [-0.39, 0.29) is 18.1 Å². The van der Waals surface area contributed by atoms with Crippen molar-refractivity contribution in [3.05, 3.63) is 65.2 Å². The third kappa shape index (κ3) is 4.47. The van der Waals surface area contributed by atoms with E-state index in [1.807, 2.05) is 24.3 Å². The number of rotatable bonds is 4. The summed E-state index contributed by atoms with van der Waals surface area (Å²) in [5.41, 5.74) is 3.81. The molecule has 0 spiro atoms. The van der Waals surface area contributed by atoms with Crippen LogP contribution in [0.3, 0.4) is 0 Å². The number of para-hydroxylation sites is 1. The molecule has 2 aliphatic heterocycles. The van der Waals surface area contributed by atoms with Gasteiger partial charge in [0.2, 0.25) is 0 Å². The first-order valence-corrected chi connectivity index (χ1v) is 10.2. The van der Waals surface area contributed by atoms with Crippen LogP contribution in [0.5, 0.6) is 5.75 Å². The molecule has 5 nitrogen and oxygen atoms in total. The van der Waals surface area contributed by atoms with E-state index in [4.69, 9.17) is 4.74 Å². The number of fused-ring (bicyclic) bond motifs is 1. The molecule has 1 atom stereocenters. The van der Waals surface area contributed by atoms with Crippen molar-refractivity contribution >= 4 is 6.03 Å². The molecule has 2 amide bonds. The first-order chi connectivity index (χ1) is 13.7. The molecule has 28 heavy (non-hydrogen) atoms. The number of carbonyl (C=O) groups excluding carboxylic acids is 1. The normalized spacial score (nSPS) is 20.1. The average molecular weight is 380 g/mol. The maximum atomic E-state index is 12.5. The minimum atomic E-state index is -0.0703. The summed E-state index contributed by atoms with van der Waals surface area (Å²) in [7, 11) is 0. The van der Waals surface area contributed by atoms with Crippen molar-refractivity contribution in [2.24, 2.45) is 0 Å². The van der Waals surface area contributed by atoms with Gasteiger partial charge in [-0.2, -0.15) is 0 Å². The number of urea groups is 1. The summed E-state index contributed by atoms with van der Waals surface area (Å²) in [6.45, 7) is 5.82. The molecule has 1 fully saturated rings. The van der Waals surface area contributed by atoms with Crippen LogP contribution < -0.4 is 15.4 Å². The van der Waals surface area contributed by atoms with Crippen LogP contribution in [0.15, 0.2) is 48.5 Å². The lowest BCUT2D eigenvalue weighted by atomic mass is 10.0. The van der Waals surface area contributed by atoms with Crippen LogP contribution in [-0.4, -0.2) is 36.7 Å². The Morgan fingerprint density at radius 2 is 1.79 bits per heavy atom. The van der Waals surface area contributed by atoms with Crippen molar-refractivity contribution < 1.29 is 9.53 Å². The Hall–Kier alpha value is -2.53. The van der Waals surface area contributed by atoms with E-state index in [2.05, 4.69) is 46.7 Å². The van der Waals surface area contributed by atoms with E-state index >= 15 is 0 Å². The van der Waals surface area contributed by atoms with E-state index < -0.39 is 0 Å². The molecule has 0 saturated carbocycles. The Kier molecular flexibility index (Phi) is 5.81. The maximum absolute atomic E-state index is 12.5. The van der Waals surface area contributed by atoms with Gasteiger partial charge in [-0.25, -0.2) is 4.79 Å². The number of likely N-dealkylation sites (tertiary alicyclic amines) is 1. The topological polar surface area (TPSA) is 53.6 Å². The fraction of sp³-hybridized carbons (Fsp3) is 0.435. The van der Waals surface area contributed by atoms with Gasteiger partial charge in [-0.05, 0) is 37.0 Å². The predicted octanol–water partition coefficient (Wildman–Crippen LogP) is 3.78. The molecule has 0 bridgehead atoms. The second-order valence-corrected chi connectivity index (χ2v) is 7.82. The molecule has 0 aromatic heterocycles. The Labute approximate surface area is 167 Å². The van der Waals surface area contributed by atoms with E-state index in [1.54, 1.807) is 0 Å². The number of aryl methyl sites for hydroxylation is 1. The molecule has 2 N–H and O–H groups in total. The predicted molar refractivity (Wildman–Crippen MR) is 110 cm³/mol. The minimum absolute atomic E-state index is 0.0195. The SMILES string of the molecule is Cc1ccccc1CN1CCC(NC(=O)N[C@@H]2CCOc3ccccc32)CC1. The molecular formula is C23H29N3O2. The fourth-order valence-corrected chi connectivity index (χ4v) is 4.14. The zero-order valence-corrected chi connectivity index (χ0v) is 16.5. The highest BCUT2D eigenvalue weighted by molar-refractivity contribution is 5.75. The summed E-state index contributed by atoms with van der Waals surface area (Å²) in [6.07, 6.45) is 2.78. The van der Waals surface area contributed by atoms with Crippen molar-refractivity contribution in [2.45, 2.75) is 44.8 Å². The van der Waals surface area contributed by atoms with Gasteiger partial charge >= 0.3 is 6.03 Å². The minimum Gasteiger partial charge on any atom is -0.493 e. The molecule has 5 heteroatoms. The van der Waals surface area contributed by atoms with Gasteiger partial charge in [0.15, 0.2) is 0 Å². The number of amides is 2. The number of hydrogen-bond acceptors (Lipinski definition) is 3. The smallest absolute Gasteiger partial charge is 0.315 e. The first kappa shape index (κ1) is 18.8. The monoisotopic (exact) mass is 379 g/mol. The van der Waals surface area contributed by atoms with E-state index in [0.29, 0.717) is 6.61 Å². The van der Waals surface area contributed by atoms with Crippen LogP contribution >= 0.6 is 0 Å². The van der Waals surface area contributed by atoms with Crippen LogP contribution in [0.2, 0.25) is 0 Å². The zero-order chi connectivity index (χ0) is 19.3. The molecule has 2 aliphatic rings. The van der Waals surface area contributed by atoms with Crippen LogP contribution in [-0.2, 0) is 6.54 Å². The molecule has 0 aliphatic carbocycles. The summed E-state index contributed by atoms with van der Waals surface area (Å²) >= 11 is 0. The lowest BCUT2D eigenvalue weighted by molar-refractivity contribution is 0.183. The number of nitrogens with one attached hydrogen (secondary N) is 2. The van der Waals surface area contributed by atoms with Gasteiger partial charge in [-0.15, -0.1) is 0 Å². The fourth-order valence-electron chi connectivity index (χ4n) is 4.14. The van der Waals surface area contributed by atoms with Gasteiger partial charge in [0.05, 0.1) is 12.6 Å². The van der Waals surface area contributed by atoms with Gasteiger partial charge in [0.25, 0.3) is 0 Å². The molecule has 0 unspecified atom stereocenters. The van der Waals surface area contributed by atoms with Crippen molar-refractivity contribution in [1.29, 1.82) is 0 Å². The van der Waals surface area contributed by atoms with E-state index in [1.165, 1.54) is 11.1 Å². The number of piperidine rings is 1. The first-order valence-electron chi connectivity index (χ1n) is 10.2. The third-order valence-electron chi connectivity index (χ3n) is 5.84. The number of benzene rings is 2. The largest absolute Gasteiger partial charge is 0.493 e. The quantitative estimate of drug-likeness (QED) is 0.850. The van der Waals surface area contributed by atoms with Crippen molar-refractivity contribution in [1.82, 2.24) is 15.5 Å². The third-order valence-corrected chi connectivity index (χ3v) is 5.84. The summed E-state index contributed by atoms with van der Waals surface area (Å²) in [4.78, 5) is 15.0. The summed E-state index contributed by atoms with van der Waals surface area (Å²) in [5.74, 6) is 0.878. The molecule has 2 aromatic rings. The molecule has 148 valence electrons. The van der Waals surface area contributed by atoms with Crippen LogP contribution in [0.4, 0.5) is 4.79 Å². The lowest BCUT2D eigenvalue weighted by Crippen LogP contribution is -2.48. The molecular weight excluding hydrogens is 350 g/mol.